The molecule has 11 heteroatoms. The standard InChI is InChI=1S/C44H52N8O3/c1-4-40-38(41(49-35-14-16-55-17-15-35)39-25-48-52(5-2)42(39)50-40)24-47-44(54)33-11-7-10-32(20-33)43(53)46-22-34-19-31(13-12-28(34)3)30-9-6-8-29(18-30)26-51-27-36-21-37(51)23-45-36/h6-13,18-20,25,35-37,45H,4-5,14-17,21-24,26-27H2,1-3H3,(H,46,53)(H,47,54)(H,49,50)/t36-,37-/m0/s1. The summed E-state index contributed by atoms with van der Waals surface area (Å²) in [6.45, 7) is 12.2. The number of carbonyl (C=O) groups is 2. The molecule has 11 nitrogen and oxygen atoms in total. The minimum atomic E-state index is -0.252. The third-order valence-corrected chi connectivity index (χ3v) is 11.6. The Bertz CT molecular complexity index is 2190. The number of aromatic nitrogens is 3. The summed E-state index contributed by atoms with van der Waals surface area (Å²) >= 11 is 0. The molecule has 5 heterocycles. The summed E-state index contributed by atoms with van der Waals surface area (Å²) in [6.07, 6.45) is 5.64. The number of benzene rings is 3. The van der Waals surface area contributed by atoms with Crippen LogP contribution in [0.4, 0.5) is 5.69 Å². The zero-order chi connectivity index (χ0) is 37.9. The Morgan fingerprint density at radius 3 is 2.42 bits per heavy atom. The zero-order valence-electron chi connectivity index (χ0n) is 32.2. The van der Waals surface area contributed by atoms with Crippen LogP contribution in [0, 0.1) is 6.92 Å². The molecule has 0 saturated carbocycles. The van der Waals surface area contributed by atoms with Crippen LogP contribution >= 0.6 is 0 Å². The van der Waals surface area contributed by atoms with Gasteiger partial charge in [-0.15, -0.1) is 0 Å². The third kappa shape index (κ3) is 8.01. The van der Waals surface area contributed by atoms with Gasteiger partial charge in [0, 0.05) is 93.0 Å². The number of piperazine rings is 1. The monoisotopic (exact) mass is 740 g/mol. The number of rotatable bonds is 13. The van der Waals surface area contributed by atoms with Crippen LogP contribution in [0.2, 0.25) is 0 Å². The topological polar surface area (TPSA) is 125 Å². The van der Waals surface area contributed by atoms with E-state index >= 15 is 0 Å². The number of amides is 2. The van der Waals surface area contributed by atoms with Crippen molar-refractivity contribution in [1.29, 1.82) is 0 Å². The van der Waals surface area contributed by atoms with Crippen molar-refractivity contribution in [2.75, 3.05) is 31.6 Å². The van der Waals surface area contributed by atoms with Gasteiger partial charge in [0.05, 0.1) is 17.3 Å². The van der Waals surface area contributed by atoms with E-state index in [1.54, 1.807) is 24.3 Å². The van der Waals surface area contributed by atoms with Gasteiger partial charge in [0.1, 0.15) is 0 Å². The summed E-state index contributed by atoms with van der Waals surface area (Å²) in [5.74, 6) is -0.479. The molecule has 2 amide bonds. The van der Waals surface area contributed by atoms with Crippen LogP contribution in [-0.2, 0) is 37.3 Å². The number of ether oxygens (including phenoxy) is 1. The first-order valence-corrected chi connectivity index (χ1v) is 19.9. The molecule has 55 heavy (non-hydrogen) atoms. The molecule has 0 spiro atoms. The van der Waals surface area contributed by atoms with E-state index in [9.17, 15) is 9.59 Å². The molecular formula is C44H52N8O3. The van der Waals surface area contributed by atoms with Gasteiger partial charge in [-0.2, -0.15) is 5.10 Å². The molecule has 4 N–H and O–H groups in total. The number of likely N-dealkylation sites (tertiary alicyclic amines) is 1. The lowest BCUT2D eigenvalue weighted by Gasteiger charge is -2.27. The van der Waals surface area contributed by atoms with Crippen molar-refractivity contribution in [2.24, 2.45) is 0 Å². The van der Waals surface area contributed by atoms with E-state index in [2.05, 4.69) is 94.5 Å². The van der Waals surface area contributed by atoms with Crippen molar-refractivity contribution in [3.05, 3.63) is 112 Å². The number of aryl methyl sites for hydroxylation is 3. The lowest BCUT2D eigenvalue weighted by Crippen LogP contribution is -2.42. The maximum absolute atomic E-state index is 13.6. The van der Waals surface area contributed by atoms with Crippen LogP contribution in [0.1, 0.15) is 81.8 Å². The fraction of sp³-hybridized carbons (Fsp3) is 0.409. The van der Waals surface area contributed by atoms with Gasteiger partial charge in [-0.25, -0.2) is 9.67 Å². The molecule has 3 aliphatic heterocycles. The molecule has 5 aromatic rings. The summed E-state index contributed by atoms with van der Waals surface area (Å²) in [6, 6.07) is 23.7. The second-order valence-electron chi connectivity index (χ2n) is 15.2. The Morgan fingerprint density at radius 1 is 0.927 bits per heavy atom. The first-order valence-electron chi connectivity index (χ1n) is 19.9. The van der Waals surface area contributed by atoms with E-state index in [4.69, 9.17) is 9.72 Å². The second kappa shape index (κ2) is 16.3. The Labute approximate surface area is 323 Å². The van der Waals surface area contributed by atoms with Crippen molar-refractivity contribution in [3.8, 4) is 11.1 Å². The minimum Gasteiger partial charge on any atom is -0.381 e. The van der Waals surface area contributed by atoms with Crippen molar-refractivity contribution in [3.63, 3.8) is 0 Å². The number of hydrogen-bond donors (Lipinski definition) is 4. The lowest BCUT2D eigenvalue weighted by atomic mass is 9.98. The van der Waals surface area contributed by atoms with Crippen LogP contribution in [0.25, 0.3) is 22.2 Å². The van der Waals surface area contributed by atoms with Crippen LogP contribution in [0.3, 0.4) is 0 Å². The van der Waals surface area contributed by atoms with Crippen LogP contribution < -0.4 is 21.3 Å². The molecular weight excluding hydrogens is 689 g/mol. The predicted molar refractivity (Wildman–Crippen MR) is 216 cm³/mol. The van der Waals surface area contributed by atoms with Crippen LogP contribution in [-0.4, -0.2) is 75.9 Å². The van der Waals surface area contributed by atoms with E-state index in [1.165, 1.54) is 17.5 Å². The van der Waals surface area contributed by atoms with Crippen molar-refractivity contribution >= 4 is 28.5 Å². The normalized spacial score (nSPS) is 18.5. The molecule has 0 radical (unpaired) electrons. The molecule has 0 aliphatic carbocycles. The number of pyridine rings is 1. The third-order valence-electron chi connectivity index (χ3n) is 11.6. The van der Waals surface area contributed by atoms with E-state index in [0.29, 0.717) is 42.7 Å². The van der Waals surface area contributed by atoms with Crippen molar-refractivity contribution in [1.82, 2.24) is 35.6 Å². The second-order valence-corrected chi connectivity index (χ2v) is 15.2. The predicted octanol–water partition coefficient (Wildman–Crippen LogP) is 5.99. The number of hydrogen-bond acceptors (Lipinski definition) is 8. The number of nitrogens with zero attached hydrogens (tertiary/aromatic N) is 4. The maximum Gasteiger partial charge on any atom is 0.251 e. The smallest absolute Gasteiger partial charge is 0.251 e. The fourth-order valence-corrected chi connectivity index (χ4v) is 8.42. The van der Waals surface area contributed by atoms with E-state index in [-0.39, 0.29) is 17.9 Å². The number of nitrogens with one attached hydrogen (secondary N) is 4. The molecule has 2 aromatic heterocycles. The van der Waals surface area contributed by atoms with Gasteiger partial charge in [0.2, 0.25) is 0 Å². The minimum absolute atomic E-state index is 0.227. The summed E-state index contributed by atoms with van der Waals surface area (Å²) in [4.78, 5) is 34.7. The quantitative estimate of drug-likeness (QED) is 0.116. The Kier molecular flexibility index (Phi) is 10.9. The summed E-state index contributed by atoms with van der Waals surface area (Å²) in [7, 11) is 0. The molecule has 8 rings (SSSR count). The van der Waals surface area contributed by atoms with Gasteiger partial charge in [0.25, 0.3) is 11.8 Å². The highest BCUT2D eigenvalue weighted by atomic mass is 16.5. The lowest BCUT2D eigenvalue weighted by molar-refractivity contribution is 0.0904. The van der Waals surface area contributed by atoms with Gasteiger partial charge in [-0.3, -0.25) is 14.5 Å². The Hall–Kier alpha value is -5.10. The summed E-state index contributed by atoms with van der Waals surface area (Å²) < 4.78 is 7.52. The molecule has 3 fully saturated rings. The average Bonchev–Trinajstić information content (AvgIpc) is 3.97. The van der Waals surface area contributed by atoms with E-state index in [0.717, 1.165) is 96.9 Å². The molecule has 286 valence electrons. The van der Waals surface area contributed by atoms with Crippen LogP contribution in [0.15, 0.2) is 72.9 Å². The summed E-state index contributed by atoms with van der Waals surface area (Å²) in [5.41, 5.74) is 10.4. The molecule has 2 bridgehead atoms. The van der Waals surface area contributed by atoms with E-state index < -0.39 is 0 Å². The highest BCUT2D eigenvalue weighted by Gasteiger charge is 2.37. The van der Waals surface area contributed by atoms with Gasteiger partial charge in [-0.1, -0.05) is 43.3 Å². The SMILES string of the molecule is CCc1nc2c(cnn2CC)c(NC2CCOCC2)c1CNC(=O)c1cccc(C(=O)NCc2cc(-c3cccc(CN4C[C@@H]5C[C@H]4CN5)c3)ccc2C)c1. The first-order chi connectivity index (χ1) is 26.9. The number of fused-ring (bicyclic) bond motifs is 3. The van der Waals surface area contributed by atoms with Crippen molar-refractivity contribution in [2.45, 2.75) is 90.8 Å². The Balaban J connectivity index is 0.934. The fourth-order valence-electron chi connectivity index (χ4n) is 8.42. The van der Waals surface area contributed by atoms with Gasteiger partial charge in [-0.05, 0) is 97.7 Å². The highest BCUT2D eigenvalue weighted by molar-refractivity contribution is 6.00. The number of carbonyl (C=O) groups excluding carboxylic acids is 2. The maximum atomic E-state index is 13.6. The van der Waals surface area contributed by atoms with Crippen molar-refractivity contribution < 1.29 is 14.3 Å². The van der Waals surface area contributed by atoms with Gasteiger partial charge in [0.15, 0.2) is 5.65 Å². The number of anilines is 1. The molecule has 2 atom stereocenters. The Morgan fingerprint density at radius 2 is 1.69 bits per heavy atom. The highest BCUT2D eigenvalue weighted by Crippen LogP contribution is 2.32. The van der Waals surface area contributed by atoms with E-state index in [1.807, 2.05) is 10.9 Å². The molecule has 3 saturated heterocycles. The largest absolute Gasteiger partial charge is 0.381 e. The first kappa shape index (κ1) is 36.9. The zero-order valence-corrected chi connectivity index (χ0v) is 32.2. The molecule has 3 aliphatic rings. The van der Waals surface area contributed by atoms with Gasteiger partial charge < -0.3 is 26.0 Å². The van der Waals surface area contributed by atoms with Crippen LogP contribution in [0.5, 0.6) is 0 Å². The summed E-state index contributed by atoms with van der Waals surface area (Å²) in [5, 5.41) is 19.1. The molecule has 0 unspecified atom stereocenters. The molecule has 3 aromatic carbocycles. The van der Waals surface area contributed by atoms with Gasteiger partial charge >= 0.3 is 0 Å². The average molecular weight is 741 g/mol.